The van der Waals surface area contributed by atoms with Crippen LogP contribution in [0, 0.1) is 0 Å². The van der Waals surface area contributed by atoms with Crippen LogP contribution in [-0.4, -0.2) is 0 Å². The first kappa shape index (κ1) is 8.60. The van der Waals surface area contributed by atoms with Crippen LogP contribution in [0.15, 0.2) is 41.1 Å². The highest BCUT2D eigenvalue weighted by Gasteiger charge is 1.90. The first-order valence-electron chi connectivity index (χ1n) is 4.37. The Labute approximate surface area is 82.4 Å². The largest absolute Gasteiger partial charge is 0.321 e. The zero-order valence-electron chi connectivity index (χ0n) is 7.36. The van der Waals surface area contributed by atoms with Crippen molar-refractivity contribution in [3.63, 3.8) is 0 Å². The molecule has 1 N–H and O–H groups in total. The van der Waals surface area contributed by atoms with E-state index in [2.05, 4.69) is 46.4 Å². The van der Waals surface area contributed by atoms with Gasteiger partial charge in [-0.1, -0.05) is 0 Å². The Bertz CT molecular complexity index is 287. The predicted molar refractivity (Wildman–Crippen MR) is 56.9 cm³/mol. The summed E-state index contributed by atoms with van der Waals surface area (Å²) in [4.78, 5) is 0. The van der Waals surface area contributed by atoms with Gasteiger partial charge in [0.1, 0.15) is 0 Å². The van der Waals surface area contributed by atoms with Crippen molar-refractivity contribution in [2.24, 2.45) is 0 Å². The van der Waals surface area contributed by atoms with Gasteiger partial charge in [-0.15, -0.1) is 0 Å². The molecule has 1 aromatic heterocycles. The molecular weight excluding hydrogens is 178 g/mol. The predicted octanol–water partition coefficient (Wildman–Crippen LogP) is 2.76. The van der Waals surface area contributed by atoms with Gasteiger partial charge in [0.05, 0.1) is 0 Å². The van der Waals surface area contributed by atoms with Crippen LogP contribution in [0.3, 0.4) is 0 Å². The van der Waals surface area contributed by atoms with Crippen molar-refractivity contribution in [3.8, 4) is 0 Å². The molecule has 0 saturated carbocycles. The monoisotopic (exact) mass is 190 g/mol. The van der Waals surface area contributed by atoms with Crippen LogP contribution in [0.4, 0.5) is 0 Å². The molecule has 13 heavy (non-hydrogen) atoms. The maximum Gasteiger partial charge on any atom is 0.0205 e. The summed E-state index contributed by atoms with van der Waals surface area (Å²) in [6.45, 7) is 1.93. The second kappa shape index (κ2) is 4.30. The molecule has 0 radical (unpaired) electrons. The van der Waals surface area contributed by atoms with Crippen LogP contribution in [-0.2, 0) is 13.1 Å². The maximum absolute atomic E-state index is 3.40. The number of nitrogens with one attached hydrogen (secondary N) is 1. The van der Waals surface area contributed by atoms with Crippen LogP contribution in [0.2, 0.25) is 0 Å². The molecule has 0 fully saturated rings. The van der Waals surface area contributed by atoms with Gasteiger partial charge in [0.25, 0.3) is 0 Å². The summed E-state index contributed by atoms with van der Waals surface area (Å²) in [5.74, 6) is 0. The minimum atomic E-state index is 0.961. The standard InChI is InChI=1S/C11H12NS/c1-2-4-10(3-1)7-12-8-11-5-6-13-9-11/h1-6,9,12H,7-8H2/q-1. The van der Waals surface area contributed by atoms with E-state index in [0.717, 1.165) is 13.1 Å². The summed E-state index contributed by atoms with van der Waals surface area (Å²) in [6, 6.07) is 10.6. The SMILES string of the molecule is c1cc(CNCc2ccsc2)c[cH-]1. The molecular formula is C11H12NS-. The van der Waals surface area contributed by atoms with E-state index in [1.165, 1.54) is 11.1 Å². The maximum atomic E-state index is 3.40. The highest BCUT2D eigenvalue weighted by atomic mass is 32.1. The van der Waals surface area contributed by atoms with Crippen molar-refractivity contribution in [3.05, 3.63) is 52.2 Å². The summed E-state index contributed by atoms with van der Waals surface area (Å²) >= 11 is 1.75. The van der Waals surface area contributed by atoms with Crippen LogP contribution >= 0.6 is 11.3 Å². The van der Waals surface area contributed by atoms with Crippen LogP contribution in [0.25, 0.3) is 0 Å². The molecule has 0 aliphatic heterocycles. The molecule has 0 saturated heterocycles. The number of hydrogen-bond donors (Lipinski definition) is 1. The van der Waals surface area contributed by atoms with Crippen molar-refractivity contribution in [1.29, 1.82) is 0 Å². The first-order chi connectivity index (χ1) is 6.45. The van der Waals surface area contributed by atoms with Crippen molar-refractivity contribution in [2.45, 2.75) is 13.1 Å². The van der Waals surface area contributed by atoms with Gasteiger partial charge in [-0.25, -0.2) is 6.07 Å². The molecule has 68 valence electrons. The minimum absolute atomic E-state index is 0.961. The lowest BCUT2D eigenvalue weighted by molar-refractivity contribution is 0.696. The van der Waals surface area contributed by atoms with Crippen molar-refractivity contribution >= 4 is 11.3 Å². The van der Waals surface area contributed by atoms with Gasteiger partial charge in [-0.2, -0.15) is 35.1 Å². The highest BCUT2D eigenvalue weighted by Crippen LogP contribution is 2.05. The third kappa shape index (κ3) is 2.47. The van der Waals surface area contributed by atoms with E-state index >= 15 is 0 Å². The fourth-order valence-electron chi connectivity index (χ4n) is 1.28. The van der Waals surface area contributed by atoms with E-state index < -0.39 is 0 Å². The van der Waals surface area contributed by atoms with Crippen molar-refractivity contribution < 1.29 is 0 Å². The number of rotatable bonds is 4. The van der Waals surface area contributed by atoms with Crippen LogP contribution in [0.1, 0.15) is 11.1 Å². The van der Waals surface area contributed by atoms with E-state index in [1.807, 2.05) is 0 Å². The molecule has 1 heterocycles. The van der Waals surface area contributed by atoms with Gasteiger partial charge >= 0.3 is 0 Å². The van der Waals surface area contributed by atoms with Gasteiger partial charge < -0.3 is 5.32 Å². The molecule has 2 heteroatoms. The Morgan fingerprint density at radius 1 is 1.23 bits per heavy atom. The lowest BCUT2D eigenvalue weighted by Gasteiger charge is -2.05. The smallest absolute Gasteiger partial charge is 0.0205 e. The van der Waals surface area contributed by atoms with E-state index in [4.69, 9.17) is 0 Å². The Balaban J connectivity index is 1.76. The van der Waals surface area contributed by atoms with Crippen LogP contribution in [0.5, 0.6) is 0 Å². The summed E-state index contributed by atoms with van der Waals surface area (Å²) in [5, 5.41) is 7.69. The van der Waals surface area contributed by atoms with Crippen LogP contribution < -0.4 is 5.32 Å². The quantitative estimate of drug-likeness (QED) is 0.731. The Hall–Kier alpha value is -0.990. The fourth-order valence-corrected chi connectivity index (χ4v) is 1.94. The van der Waals surface area contributed by atoms with Crippen molar-refractivity contribution in [1.82, 2.24) is 5.32 Å². The molecule has 1 aromatic carbocycles. The summed E-state index contributed by atoms with van der Waals surface area (Å²) in [5.41, 5.74) is 2.73. The molecule has 0 amide bonds. The number of hydrogen-bond acceptors (Lipinski definition) is 2. The topological polar surface area (TPSA) is 12.0 Å². The lowest BCUT2D eigenvalue weighted by atomic mass is 10.3. The highest BCUT2D eigenvalue weighted by molar-refractivity contribution is 7.07. The van der Waals surface area contributed by atoms with Crippen molar-refractivity contribution in [2.75, 3.05) is 0 Å². The second-order valence-electron chi connectivity index (χ2n) is 3.03. The van der Waals surface area contributed by atoms with E-state index in [-0.39, 0.29) is 0 Å². The Morgan fingerprint density at radius 2 is 2.15 bits per heavy atom. The molecule has 0 atom stereocenters. The van der Waals surface area contributed by atoms with E-state index in [1.54, 1.807) is 11.3 Å². The first-order valence-corrected chi connectivity index (χ1v) is 5.32. The molecule has 0 aliphatic rings. The normalized spacial score (nSPS) is 10.5. The average molecular weight is 190 g/mol. The van der Waals surface area contributed by atoms with Gasteiger partial charge in [0, 0.05) is 6.54 Å². The minimum Gasteiger partial charge on any atom is -0.321 e. The van der Waals surface area contributed by atoms with Gasteiger partial charge in [0.2, 0.25) is 0 Å². The van der Waals surface area contributed by atoms with E-state index in [0.29, 0.717) is 0 Å². The molecule has 0 aliphatic carbocycles. The zero-order valence-corrected chi connectivity index (χ0v) is 8.18. The molecule has 1 nitrogen and oxygen atoms in total. The Kier molecular flexibility index (Phi) is 2.85. The summed E-state index contributed by atoms with van der Waals surface area (Å²) in [7, 11) is 0. The summed E-state index contributed by atoms with van der Waals surface area (Å²) < 4.78 is 0. The Morgan fingerprint density at radius 3 is 2.85 bits per heavy atom. The molecule has 2 aromatic rings. The zero-order chi connectivity index (χ0) is 8.93. The summed E-state index contributed by atoms with van der Waals surface area (Å²) in [6.07, 6.45) is 0. The van der Waals surface area contributed by atoms with Gasteiger partial charge in [0.15, 0.2) is 0 Å². The molecule has 0 bridgehead atoms. The molecule has 2 rings (SSSR count). The van der Waals surface area contributed by atoms with Gasteiger partial charge in [-0.05, 0) is 28.9 Å². The third-order valence-corrected chi connectivity index (χ3v) is 2.70. The number of thiophene rings is 1. The van der Waals surface area contributed by atoms with Gasteiger partial charge in [-0.3, -0.25) is 0 Å². The average Bonchev–Trinajstić information content (AvgIpc) is 2.75. The molecule has 0 spiro atoms. The fraction of sp³-hybridized carbons (Fsp3) is 0.182. The second-order valence-corrected chi connectivity index (χ2v) is 3.81. The third-order valence-electron chi connectivity index (χ3n) is 1.97. The lowest BCUT2D eigenvalue weighted by Crippen LogP contribution is -2.11. The van der Waals surface area contributed by atoms with E-state index in [9.17, 15) is 0 Å². The molecule has 0 unspecified atom stereocenters.